The maximum Gasteiger partial charge on any atom is 0.410 e. The Balaban J connectivity index is 2.11. The van der Waals surface area contributed by atoms with Crippen molar-refractivity contribution in [2.24, 2.45) is 0 Å². The molecule has 6 nitrogen and oxygen atoms in total. The molecule has 1 saturated heterocycles. The minimum atomic E-state index is -3.92. The number of hydrogen-bond acceptors (Lipinski definition) is 5. The van der Waals surface area contributed by atoms with Crippen molar-refractivity contribution in [3.8, 4) is 0 Å². The molecule has 0 radical (unpaired) electrons. The zero-order valence-electron chi connectivity index (χ0n) is 18.8. The first-order chi connectivity index (χ1) is 15.0. The van der Waals surface area contributed by atoms with Gasteiger partial charge in [0.1, 0.15) is 17.5 Å². The summed E-state index contributed by atoms with van der Waals surface area (Å²) in [6, 6.07) is 14.7. The van der Waals surface area contributed by atoms with Crippen LogP contribution in [-0.2, 0) is 19.0 Å². The van der Waals surface area contributed by atoms with Crippen LogP contribution < -0.4 is 0 Å². The number of carbonyl (C=O) groups is 1. The minimum absolute atomic E-state index is 0.309. The van der Waals surface area contributed by atoms with Crippen LogP contribution in [0.1, 0.15) is 50.7 Å². The second-order valence-electron chi connectivity index (χ2n) is 9.06. The van der Waals surface area contributed by atoms with Gasteiger partial charge in [0.05, 0.1) is 12.3 Å². The van der Waals surface area contributed by atoms with Crippen molar-refractivity contribution in [3.63, 3.8) is 0 Å². The third kappa shape index (κ3) is 6.07. The summed E-state index contributed by atoms with van der Waals surface area (Å²) >= 11 is 0. The Hall–Kier alpha value is -2.45. The van der Waals surface area contributed by atoms with Crippen molar-refractivity contribution < 1.29 is 26.5 Å². The quantitative estimate of drug-likeness (QED) is 0.581. The number of hydrogen-bond donors (Lipinski definition) is 0. The normalized spacial score (nSPS) is 18.9. The largest absolute Gasteiger partial charge is 0.444 e. The fourth-order valence-electron chi connectivity index (χ4n) is 4.16. The highest BCUT2D eigenvalue weighted by Crippen LogP contribution is 2.38. The zero-order chi connectivity index (χ0) is 23.5. The summed E-state index contributed by atoms with van der Waals surface area (Å²) in [4.78, 5) is 14.4. The van der Waals surface area contributed by atoms with Crippen LogP contribution in [0.3, 0.4) is 0 Å². The Morgan fingerprint density at radius 1 is 1.09 bits per heavy atom. The van der Waals surface area contributed by atoms with E-state index in [4.69, 9.17) is 8.92 Å². The lowest BCUT2D eigenvalue weighted by Gasteiger charge is -2.36. The molecule has 1 fully saturated rings. The molecule has 1 amide bonds. The van der Waals surface area contributed by atoms with Gasteiger partial charge in [-0.3, -0.25) is 4.18 Å². The van der Waals surface area contributed by atoms with Crippen molar-refractivity contribution in [3.05, 3.63) is 71.5 Å². The number of likely N-dealkylation sites (tertiary alicyclic amines) is 1. The molecule has 1 aliphatic heterocycles. The molecule has 1 unspecified atom stereocenters. The van der Waals surface area contributed by atoms with Crippen molar-refractivity contribution in [2.45, 2.75) is 57.3 Å². The van der Waals surface area contributed by atoms with E-state index in [2.05, 4.69) is 0 Å². The fourth-order valence-corrected chi connectivity index (χ4v) is 4.80. The number of rotatable bonds is 6. The Bertz CT molecular complexity index is 1040. The number of ether oxygens (including phenoxy) is 1. The zero-order valence-corrected chi connectivity index (χ0v) is 19.6. The van der Waals surface area contributed by atoms with Crippen molar-refractivity contribution >= 4 is 16.2 Å². The second kappa shape index (κ2) is 9.58. The van der Waals surface area contributed by atoms with E-state index >= 15 is 0 Å². The molecule has 0 aliphatic carbocycles. The molecule has 0 bridgehead atoms. The first-order valence-corrected chi connectivity index (χ1v) is 12.5. The third-order valence-electron chi connectivity index (χ3n) is 5.32. The van der Waals surface area contributed by atoms with Crippen LogP contribution >= 0.6 is 0 Å². The third-order valence-corrected chi connectivity index (χ3v) is 5.89. The van der Waals surface area contributed by atoms with E-state index in [-0.39, 0.29) is 0 Å². The van der Waals surface area contributed by atoms with Crippen LogP contribution in [0, 0.1) is 5.82 Å². The average Bonchev–Trinajstić information content (AvgIpc) is 3.17. The first-order valence-electron chi connectivity index (χ1n) is 10.6. The lowest BCUT2D eigenvalue weighted by Crippen LogP contribution is -2.48. The molecule has 32 heavy (non-hydrogen) atoms. The van der Waals surface area contributed by atoms with Crippen LogP contribution in [0.4, 0.5) is 9.18 Å². The Kier molecular flexibility index (Phi) is 7.25. The predicted octanol–water partition coefficient (Wildman–Crippen LogP) is 4.70. The van der Waals surface area contributed by atoms with Crippen molar-refractivity contribution in [1.82, 2.24) is 4.90 Å². The van der Waals surface area contributed by atoms with Gasteiger partial charge in [-0.1, -0.05) is 48.5 Å². The van der Waals surface area contributed by atoms with E-state index in [1.807, 2.05) is 18.2 Å². The van der Waals surface area contributed by atoms with Gasteiger partial charge in [0, 0.05) is 12.5 Å². The van der Waals surface area contributed by atoms with Gasteiger partial charge in [-0.05, 0) is 50.8 Å². The number of halogens is 1. The molecule has 2 aromatic carbocycles. The number of benzene rings is 2. The molecular weight excluding hydrogens is 433 g/mol. The van der Waals surface area contributed by atoms with E-state index in [9.17, 15) is 17.6 Å². The van der Waals surface area contributed by atoms with Crippen LogP contribution in [0.25, 0.3) is 0 Å². The van der Waals surface area contributed by atoms with Gasteiger partial charge < -0.3 is 9.64 Å². The lowest BCUT2D eigenvalue weighted by molar-refractivity contribution is 0.00783. The van der Waals surface area contributed by atoms with E-state index in [1.165, 1.54) is 11.0 Å². The standard InChI is InChI=1S/C24H30FNO5S/c1-24(2,3)30-23(27)26-16-10-15-20(26)22(31-32(4,28)29)21(17-11-6-5-7-12-17)18-13-8-9-14-19(18)25/h5-9,11-14,20-22H,10,15-16H2,1-4H3/t20?,21-,22+/m0/s1. The van der Waals surface area contributed by atoms with Crippen LogP contribution in [-0.4, -0.2) is 50.0 Å². The Morgan fingerprint density at radius 2 is 1.72 bits per heavy atom. The molecule has 1 heterocycles. The molecule has 0 N–H and O–H groups in total. The summed E-state index contributed by atoms with van der Waals surface area (Å²) in [6.45, 7) is 5.72. The smallest absolute Gasteiger partial charge is 0.410 e. The van der Waals surface area contributed by atoms with E-state index in [1.54, 1.807) is 51.1 Å². The number of carbonyl (C=O) groups excluding carboxylic acids is 1. The summed E-state index contributed by atoms with van der Waals surface area (Å²) < 4.78 is 50.8. The summed E-state index contributed by atoms with van der Waals surface area (Å²) in [6.07, 6.45) is 0.571. The van der Waals surface area contributed by atoms with Gasteiger partial charge in [0.2, 0.25) is 0 Å². The van der Waals surface area contributed by atoms with Gasteiger partial charge in [-0.15, -0.1) is 0 Å². The highest BCUT2D eigenvalue weighted by atomic mass is 32.2. The summed E-state index contributed by atoms with van der Waals surface area (Å²) in [5, 5.41) is 0. The molecular formula is C24H30FNO5S. The molecule has 0 spiro atoms. The topological polar surface area (TPSA) is 72.9 Å². The fraction of sp³-hybridized carbons (Fsp3) is 0.458. The van der Waals surface area contributed by atoms with E-state index in [0.29, 0.717) is 30.5 Å². The summed E-state index contributed by atoms with van der Waals surface area (Å²) in [5.41, 5.74) is 0.299. The Morgan fingerprint density at radius 3 is 2.31 bits per heavy atom. The summed E-state index contributed by atoms with van der Waals surface area (Å²) in [7, 11) is -3.92. The van der Waals surface area contributed by atoms with Gasteiger partial charge in [0.15, 0.2) is 0 Å². The lowest BCUT2D eigenvalue weighted by atomic mass is 9.82. The number of nitrogens with zero attached hydrogens (tertiary/aromatic N) is 1. The predicted molar refractivity (Wildman–Crippen MR) is 120 cm³/mol. The molecule has 174 valence electrons. The molecule has 8 heteroatoms. The van der Waals surface area contributed by atoms with E-state index in [0.717, 1.165) is 6.26 Å². The highest BCUT2D eigenvalue weighted by Gasteiger charge is 2.44. The van der Waals surface area contributed by atoms with E-state index < -0.39 is 45.7 Å². The second-order valence-corrected chi connectivity index (χ2v) is 10.7. The van der Waals surface area contributed by atoms with Crippen molar-refractivity contribution in [2.75, 3.05) is 12.8 Å². The maximum absolute atomic E-state index is 15.0. The maximum atomic E-state index is 15.0. The molecule has 0 saturated carbocycles. The SMILES string of the molecule is CC(C)(C)OC(=O)N1CCCC1[C@@H](OS(C)(=O)=O)[C@@H](c1ccccc1)c1ccccc1F. The van der Waals surface area contributed by atoms with Gasteiger partial charge >= 0.3 is 6.09 Å². The molecule has 3 atom stereocenters. The number of amides is 1. The molecule has 1 aliphatic rings. The van der Waals surface area contributed by atoms with Crippen LogP contribution in [0.15, 0.2) is 54.6 Å². The van der Waals surface area contributed by atoms with Crippen LogP contribution in [0.2, 0.25) is 0 Å². The Labute approximate surface area is 189 Å². The van der Waals surface area contributed by atoms with Crippen molar-refractivity contribution in [1.29, 1.82) is 0 Å². The van der Waals surface area contributed by atoms with Gasteiger partial charge in [0.25, 0.3) is 10.1 Å². The van der Waals surface area contributed by atoms with Crippen LogP contribution in [0.5, 0.6) is 0 Å². The summed E-state index contributed by atoms with van der Waals surface area (Å²) in [5.74, 6) is -1.22. The average molecular weight is 464 g/mol. The first kappa shape index (κ1) is 24.2. The van der Waals surface area contributed by atoms with Gasteiger partial charge in [-0.25, -0.2) is 9.18 Å². The minimum Gasteiger partial charge on any atom is -0.444 e. The molecule has 3 rings (SSSR count). The molecule has 0 aromatic heterocycles. The van der Waals surface area contributed by atoms with Gasteiger partial charge in [-0.2, -0.15) is 8.42 Å². The monoisotopic (exact) mass is 463 g/mol. The highest BCUT2D eigenvalue weighted by molar-refractivity contribution is 7.86. The molecule has 2 aromatic rings.